The van der Waals surface area contributed by atoms with E-state index < -0.39 is 5.76 Å². The Morgan fingerprint density at radius 1 is 1.11 bits per heavy atom. The summed E-state index contributed by atoms with van der Waals surface area (Å²) >= 11 is 5.60. The molecule has 0 radical (unpaired) electrons. The molecule has 0 bridgehead atoms. The number of aromatic nitrogens is 4. The number of aromatic amines is 1. The van der Waals surface area contributed by atoms with Crippen molar-refractivity contribution in [2.75, 3.05) is 6.54 Å². The second kappa shape index (κ2) is 12.1. The van der Waals surface area contributed by atoms with Crippen LogP contribution in [0.15, 0.2) is 62.6 Å². The van der Waals surface area contributed by atoms with Gasteiger partial charge in [-0.15, -0.1) is 0 Å². The van der Waals surface area contributed by atoms with Gasteiger partial charge in [0, 0.05) is 18.5 Å². The summed E-state index contributed by atoms with van der Waals surface area (Å²) in [5.41, 5.74) is 4.61. The molecule has 2 aromatic heterocycles. The van der Waals surface area contributed by atoms with Crippen LogP contribution >= 0.6 is 12.2 Å². The highest BCUT2D eigenvalue weighted by atomic mass is 32.1. The molecule has 8 nitrogen and oxygen atoms in total. The lowest BCUT2D eigenvalue weighted by atomic mass is 9.98. The summed E-state index contributed by atoms with van der Waals surface area (Å²) in [7, 11) is 0. The van der Waals surface area contributed by atoms with Gasteiger partial charge in [-0.05, 0) is 36.0 Å². The Bertz CT molecular complexity index is 1530. The number of thiocarbonyl (C=S) groups is 1. The minimum Gasteiger partial charge on any atom is -0.375 e. The first kappa shape index (κ1) is 27.2. The summed E-state index contributed by atoms with van der Waals surface area (Å²) in [6, 6.07) is 15.7. The molecule has 0 spiro atoms. The normalized spacial score (nSPS) is 11.2. The molecule has 4 aromatic rings. The zero-order valence-corrected chi connectivity index (χ0v) is 23.0. The first-order chi connectivity index (χ1) is 18.3. The fraction of sp³-hybridized carbons (Fsp3) is 0.345. The number of hydrogen-bond donors (Lipinski definition) is 2. The Hall–Kier alpha value is -3.85. The molecule has 4 rings (SSSR count). The maximum absolute atomic E-state index is 13.7. The first-order valence-electron chi connectivity index (χ1n) is 12.9. The van der Waals surface area contributed by atoms with Crippen molar-refractivity contribution in [1.82, 2.24) is 25.0 Å². The Kier molecular flexibility index (Phi) is 8.68. The molecular weight excluding hydrogens is 498 g/mol. The summed E-state index contributed by atoms with van der Waals surface area (Å²) in [4.78, 5) is 33.1. The third-order valence-corrected chi connectivity index (χ3v) is 6.66. The summed E-state index contributed by atoms with van der Waals surface area (Å²) in [6.07, 6.45) is 2.68. The van der Waals surface area contributed by atoms with Crippen molar-refractivity contribution < 1.29 is 4.52 Å². The highest BCUT2D eigenvalue weighted by Gasteiger charge is 2.18. The summed E-state index contributed by atoms with van der Waals surface area (Å²) in [5, 5.41) is 7.06. The van der Waals surface area contributed by atoms with Crippen LogP contribution in [0.2, 0.25) is 0 Å². The summed E-state index contributed by atoms with van der Waals surface area (Å²) in [6.45, 7) is 9.26. The van der Waals surface area contributed by atoms with E-state index >= 15 is 0 Å². The van der Waals surface area contributed by atoms with Crippen LogP contribution in [0.5, 0.6) is 0 Å². The number of aryl methyl sites for hydroxylation is 2. The molecule has 0 unspecified atom stereocenters. The minimum atomic E-state index is -0.598. The van der Waals surface area contributed by atoms with Crippen molar-refractivity contribution in [1.29, 1.82) is 0 Å². The van der Waals surface area contributed by atoms with Crippen LogP contribution in [0.3, 0.4) is 0 Å². The van der Waals surface area contributed by atoms with Gasteiger partial charge >= 0.3 is 5.76 Å². The highest BCUT2D eigenvalue weighted by molar-refractivity contribution is 7.80. The zero-order valence-electron chi connectivity index (χ0n) is 22.2. The lowest BCUT2D eigenvalue weighted by molar-refractivity contribution is 0.388. The van der Waals surface area contributed by atoms with Crippen molar-refractivity contribution in [3.8, 4) is 22.5 Å². The van der Waals surface area contributed by atoms with Gasteiger partial charge in [-0.2, -0.15) is 0 Å². The van der Waals surface area contributed by atoms with Crippen LogP contribution in [0.4, 0.5) is 0 Å². The third kappa shape index (κ3) is 6.16. The smallest absolute Gasteiger partial charge is 0.375 e. The largest absolute Gasteiger partial charge is 0.439 e. The van der Waals surface area contributed by atoms with E-state index in [2.05, 4.69) is 36.2 Å². The van der Waals surface area contributed by atoms with Crippen LogP contribution < -0.4 is 16.6 Å². The standard InChI is InChI=1S/C29H33N5O3S/c1-5-6-11-24-31-19(4)25(27(38)30-16-18(2)3)28(35)34(24)17-20-12-14-21(15-13-20)22-9-7-8-10-23(22)26-32-29(36)37-33-26/h7-10,12-15,18H,5-6,11,16-17H2,1-4H3,(H,30,38)(H,32,33,36). The Balaban J connectivity index is 1.67. The van der Waals surface area contributed by atoms with Crippen molar-refractivity contribution in [3.63, 3.8) is 0 Å². The maximum Gasteiger partial charge on any atom is 0.439 e. The maximum atomic E-state index is 13.7. The van der Waals surface area contributed by atoms with Crippen LogP contribution in [0.1, 0.15) is 56.3 Å². The summed E-state index contributed by atoms with van der Waals surface area (Å²) < 4.78 is 6.45. The van der Waals surface area contributed by atoms with E-state index in [9.17, 15) is 9.59 Å². The number of nitrogens with zero attached hydrogens (tertiary/aromatic N) is 3. The highest BCUT2D eigenvalue weighted by Crippen LogP contribution is 2.30. The number of hydrogen-bond acceptors (Lipinski definition) is 6. The van der Waals surface area contributed by atoms with Crippen LogP contribution in [0.25, 0.3) is 22.5 Å². The molecule has 2 heterocycles. The van der Waals surface area contributed by atoms with E-state index in [4.69, 9.17) is 21.7 Å². The second-order valence-electron chi connectivity index (χ2n) is 9.77. The van der Waals surface area contributed by atoms with Crippen LogP contribution in [0, 0.1) is 12.8 Å². The van der Waals surface area contributed by atoms with E-state index in [1.165, 1.54) is 0 Å². The minimum absolute atomic E-state index is 0.116. The van der Waals surface area contributed by atoms with Crippen molar-refractivity contribution in [2.24, 2.45) is 5.92 Å². The van der Waals surface area contributed by atoms with E-state index in [1.807, 2.05) is 55.5 Å². The van der Waals surface area contributed by atoms with Gasteiger partial charge in [0.15, 0.2) is 5.82 Å². The van der Waals surface area contributed by atoms with Gasteiger partial charge in [0.2, 0.25) is 0 Å². The molecule has 0 saturated carbocycles. The molecule has 9 heteroatoms. The molecule has 0 fully saturated rings. The van der Waals surface area contributed by atoms with Gasteiger partial charge in [0.1, 0.15) is 10.8 Å². The van der Waals surface area contributed by atoms with Crippen LogP contribution in [-0.2, 0) is 13.0 Å². The quantitative estimate of drug-likeness (QED) is 0.281. The molecule has 0 aliphatic rings. The molecule has 2 N–H and O–H groups in total. The molecule has 38 heavy (non-hydrogen) atoms. The number of benzene rings is 2. The molecule has 2 aromatic carbocycles. The molecule has 0 amide bonds. The number of H-pyrrole nitrogens is 1. The van der Waals surface area contributed by atoms with Crippen molar-refractivity contribution >= 4 is 17.2 Å². The van der Waals surface area contributed by atoms with E-state index in [0.717, 1.165) is 47.3 Å². The van der Waals surface area contributed by atoms with Gasteiger partial charge in [0.25, 0.3) is 5.56 Å². The average Bonchev–Trinajstić information content (AvgIpc) is 3.34. The number of nitrogens with one attached hydrogen (secondary N) is 2. The predicted octanol–water partition coefficient (Wildman–Crippen LogP) is 4.87. The average molecular weight is 532 g/mol. The van der Waals surface area contributed by atoms with E-state index in [-0.39, 0.29) is 5.56 Å². The lowest BCUT2D eigenvalue weighted by Crippen LogP contribution is -2.37. The molecule has 0 aliphatic carbocycles. The van der Waals surface area contributed by atoms with Gasteiger partial charge < -0.3 is 5.32 Å². The number of unbranched alkanes of at least 4 members (excludes halogenated alkanes) is 1. The SMILES string of the molecule is CCCCc1nc(C)c(C(=S)NCC(C)C)c(=O)n1Cc1ccc(-c2ccccc2-c2noc(=O)[nH]2)cc1. The van der Waals surface area contributed by atoms with Gasteiger partial charge in [0.05, 0.1) is 17.8 Å². The molecule has 0 saturated heterocycles. The van der Waals surface area contributed by atoms with Crippen molar-refractivity contribution in [2.45, 2.75) is 53.5 Å². The molecule has 198 valence electrons. The van der Waals surface area contributed by atoms with E-state index in [0.29, 0.717) is 41.1 Å². The topological polar surface area (TPSA) is 106 Å². The van der Waals surface area contributed by atoms with Gasteiger partial charge in [-0.25, -0.2) is 9.78 Å². The van der Waals surface area contributed by atoms with E-state index in [1.54, 1.807) is 4.57 Å². The van der Waals surface area contributed by atoms with Crippen molar-refractivity contribution in [3.05, 3.63) is 92.1 Å². The fourth-order valence-corrected chi connectivity index (χ4v) is 4.63. The Morgan fingerprint density at radius 3 is 2.45 bits per heavy atom. The third-order valence-electron chi connectivity index (χ3n) is 6.31. The Labute approximate surface area is 227 Å². The Morgan fingerprint density at radius 2 is 1.82 bits per heavy atom. The summed E-state index contributed by atoms with van der Waals surface area (Å²) in [5.74, 6) is 0.955. The lowest BCUT2D eigenvalue weighted by Gasteiger charge is -2.18. The predicted molar refractivity (Wildman–Crippen MR) is 153 cm³/mol. The molecule has 0 atom stereocenters. The van der Waals surface area contributed by atoms with Gasteiger partial charge in [-0.1, -0.05) is 93.1 Å². The zero-order chi connectivity index (χ0) is 27.2. The second-order valence-corrected chi connectivity index (χ2v) is 10.2. The molecular formula is C29H33N5O3S. The number of rotatable bonds is 10. The first-order valence-corrected chi connectivity index (χ1v) is 13.3. The fourth-order valence-electron chi connectivity index (χ4n) is 4.31. The molecule has 0 aliphatic heterocycles. The van der Waals surface area contributed by atoms with Crippen LogP contribution in [-0.4, -0.2) is 31.2 Å². The monoisotopic (exact) mass is 531 g/mol. The van der Waals surface area contributed by atoms with Gasteiger partial charge in [-0.3, -0.25) is 18.9 Å².